The van der Waals surface area contributed by atoms with Crippen LogP contribution in [-0.2, 0) is 0 Å². The van der Waals surface area contributed by atoms with Crippen LogP contribution in [0.3, 0.4) is 0 Å². The first-order valence-electron chi connectivity index (χ1n) is 4.58. The van der Waals surface area contributed by atoms with Gasteiger partial charge in [0.05, 0.1) is 6.04 Å². The van der Waals surface area contributed by atoms with Gasteiger partial charge in [-0.1, -0.05) is 0 Å². The topological polar surface area (TPSA) is 60.9 Å². The Morgan fingerprint density at radius 2 is 2.38 bits per heavy atom. The van der Waals surface area contributed by atoms with Crippen molar-refractivity contribution >= 4 is 0 Å². The second-order valence-corrected chi connectivity index (χ2v) is 3.47. The van der Waals surface area contributed by atoms with E-state index in [0.717, 1.165) is 19.3 Å². The molecule has 1 aliphatic rings. The number of rotatable bonds is 1. The van der Waals surface area contributed by atoms with Gasteiger partial charge in [0.15, 0.2) is 0 Å². The molecule has 70 valence electrons. The first-order valence-corrected chi connectivity index (χ1v) is 4.58. The lowest BCUT2D eigenvalue weighted by Gasteiger charge is -2.17. The van der Waals surface area contributed by atoms with Crippen molar-refractivity contribution in [2.45, 2.75) is 31.3 Å². The lowest BCUT2D eigenvalue weighted by Crippen LogP contribution is -2.34. The lowest BCUT2D eigenvalue weighted by atomic mass is 10.2. The number of aromatic nitrogens is 2. The molecule has 0 bridgehead atoms. The summed E-state index contributed by atoms with van der Waals surface area (Å²) in [5.74, 6) is 0. The van der Waals surface area contributed by atoms with E-state index in [1.807, 2.05) is 0 Å². The first-order chi connectivity index (χ1) is 6.29. The zero-order chi connectivity index (χ0) is 9.26. The normalized spacial score (nSPS) is 27.8. The van der Waals surface area contributed by atoms with Gasteiger partial charge in [0.25, 0.3) is 0 Å². The average Bonchev–Trinajstić information content (AvgIpc) is 2.52. The molecule has 0 spiro atoms. The van der Waals surface area contributed by atoms with Crippen molar-refractivity contribution in [3.8, 4) is 0 Å². The van der Waals surface area contributed by atoms with E-state index in [0.29, 0.717) is 0 Å². The van der Waals surface area contributed by atoms with Crippen molar-refractivity contribution in [2.24, 2.45) is 5.73 Å². The minimum Gasteiger partial charge on any atom is -0.326 e. The molecule has 1 fully saturated rings. The van der Waals surface area contributed by atoms with Crippen LogP contribution in [0.5, 0.6) is 0 Å². The molecule has 13 heavy (non-hydrogen) atoms. The second kappa shape index (κ2) is 3.30. The van der Waals surface area contributed by atoms with E-state index in [-0.39, 0.29) is 17.8 Å². The van der Waals surface area contributed by atoms with Crippen LogP contribution in [0.25, 0.3) is 0 Å². The van der Waals surface area contributed by atoms with E-state index in [4.69, 9.17) is 5.73 Å². The van der Waals surface area contributed by atoms with E-state index in [2.05, 4.69) is 4.98 Å². The molecular weight excluding hydrogens is 166 g/mol. The standard InChI is InChI=1S/C9H13N3O/c10-7-3-1-4-8(7)12-6-2-5-11-9(12)13/h2,5-8H,1,3-4,10H2. The Bertz CT molecular complexity index is 347. The SMILES string of the molecule is NC1CCCC1n1cccnc1=O. The number of nitrogens with two attached hydrogens (primary N) is 1. The average molecular weight is 179 g/mol. The fourth-order valence-electron chi connectivity index (χ4n) is 1.94. The molecule has 4 nitrogen and oxygen atoms in total. The van der Waals surface area contributed by atoms with Gasteiger partial charge in [0.1, 0.15) is 0 Å². The summed E-state index contributed by atoms with van der Waals surface area (Å²) in [6.45, 7) is 0. The van der Waals surface area contributed by atoms with E-state index < -0.39 is 0 Å². The molecule has 2 rings (SSSR count). The molecule has 2 N–H and O–H groups in total. The first kappa shape index (κ1) is 8.44. The van der Waals surface area contributed by atoms with E-state index in [1.54, 1.807) is 16.8 Å². The van der Waals surface area contributed by atoms with Crippen LogP contribution in [0.1, 0.15) is 25.3 Å². The fourth-order valence-corrected chi connectivity index (χ4v) is 1.94. The van der Waals surface area contributed by atoms with Crippen molar-refractivity contribution in [1.29, 1.82) is 0 Å². The number of hydrogen-bond donors (Lipinski definition) is 1. The summed E-state index contributed by atoms with van der Waals surface area (Å²) in [4.78, 5) is 15.1. The van der Waals surface area contributed by atoms with Gasteiger partial charge in [0.2, 0.25) is 0 Å². The smallest absolute Gasteiger partial charge is 0.326 e. The summed E-state index contributed by atoms with van der Waals surface area (Å²) in [6.07, 6.45) is 6.39. The Morgan fingerprint density at radius 3 is 3.00 bits per heavy atom. The highest BCUT2D eigenvalue weighted by Crippen LogP contribution is 2.26. The molecule has 1 saturated carbocycles. The molecule has 0 radical (unpaired) electrons. The molecule has 4 heteroatoms. The van der Waals surface area contributed by atoms with Crippen LogP contribution in [0.15, 0.2) is 23.3 Å². The highest BCUT2D eigenvalue weighted by atomic mass is 16.1. The van der Waals surface area contributed by atoms with E-state index in [1.165, 1.54) is 6.20 Å². The molecule has 1 heterocycles. The quantitative estimate of drug-likeness (QED) is 0.674. The van der Waals surface area contributed by atoms with Crippen LogP contribution in [0, 0.1) is 0 Å². The highest BCUT2D eigenvalue weighted by Gasteiger charge is 2.25. The van der Waals surface area contributed by atoms with Gasteiger partial charge < -0.3 is 5.73 Å². The third-order valence-electron chi connectivity index (χ3n) is 2.63. The predicted octanol–water partition coefficient (Wildman–Crippen LogP) is 0.296. The Kier molecular flexibility index (Phi) is 2.14. The summed E-state index contributed by atoms with van der Waals surface area (Å²) in [5.41, 5.74) is 5.70. The molecule has 0 aromatic carbocycles. The third kappa shape index (κ3) is 1.49. The van der Waals surface area contributed by atoms with Crippen molar-refractivity contribution in [2.75, 3.05) is 0 Å². The molecule has 0 saturated heterocycles. The van der Waals surface area contributed by atoms with Crippen molar-refractivity contribution in [3.05, 3.63) is 28.9 Å². The van der Waals surface area contributed by atoms with Gasteiger partial charge in [-0.15, -0.1) is 0 Å². The van der Waals surface area contributed by atoms with Gasteiger partial charge in [-0.2, -0.15) is 0 Å². The maximum absolute atomic E-state index is 11.3. The summed E-state index contributed by atoms with van der Waals surface area (Å²) < 4.78 is 1.65. The van der Waals surface area contributed by atoms with E-state index >= 15 is 0 Å². The monoisotopic (exact) mass is 179 g/mol. The molecule has 1 aliphatic carbocycles. The zero-order valence-corrected chi connectivity index (χ0v) is 7.39. The van der Waals surface area contributed by atoms with Gasteiger partial charge in [0, 0.05) is 18.4 Å². The maximum atomic E-state index is 11.3. The maximum Gasteiger partial charge on any atom is 0.347 e. The van der Waals surface area contributed by atoms with Gasteiger partial charge >= 0.3 is 5.69 Å². The Morgan fingerprint density at radius 1 is 1.54 bits per heavy atom. The van der Waals surface area contributed by atoms with Gasteiger partial charge in [-0.25, -0.2) is 9.78 Å². The predicted molar refractivity (Wildman–Crippen MR) is 49.4 cm³/mol. The van der Waals surface area contributed by atoms with Crippen LogP contribution in [0.2, 0.25) is 0 Å². The molecule has 2 atom stereocenters. The summed E-state index contributed by atoms with van der Waals surface area (Å²) >= 11 is 0. The Balaban J connectivity index is 2.35. The van der Waals surface area contributed by atoms with Crippen LogP contribution >= 0.6 is 0 Å². The van der Waals surface area contributed by atoms with Crippen molar-refractivity contribution in [1.82, 2.24) is 9.55 Å². The second-order valence-electron chi connectivity index (χ2n) is 3.47. The zero-order valence-electron chi connectivity index (χ0n) is 7.39. The largest absolute Gasteiger partial charge is 0.347 e. The minimum absolute atomic E-state index is 0.113. The highest BCUT2D eigenvalue weighted by molar-refractivity contribution is 4.91. The summed E-state index contributed by atoms with van der Waals surface area (Å²) in [7, 11) is 0. The molecule has 2 unspecified atom stereocenters. The molecule has 0 aliphatic heterocycles. The fraction of sp³-hybridized carbons (Fsp3) is 0.556. The number of nitrogens with zero attached hydrogens (tertiary/aromatic N) is 2. The summed E-state index contributed by atoms with van der Waals surface area (Å²) in [6, 6.07) is 2.04. The molecule has 1 aromatic heterocycles. The van der Waals surface area contributed by atoms with Crippen molar-refractivity contribution < 1.29 is 0 Å². The molecule has 0 amide bonds. The van der Waals surface area contributed by atoms with E-state index in [9.17, 15) is 4.79 Å². The third-order valence-corrected chi connectivity index (χ3v) is 2.63. The Hall–Kier alpha value is -1.16. The van der Waals surface area contributed by atoms with Gasteiger partial charge in [-0.05, 0) is 25.3 Å². The minimum atomic E-state index is -0.190. The summed E-state index contributed by atoms with van der Waals surface area (Å²) in [5, 5.41) is 0. The molecular formula is C9H13N3O. The van der Waals surface area contributed by atoms with Crippen LogP contribution < -0.4 is 11.4 Å². The Labute approximate surface area is 76.4 Å². The molecule has 1 aromatic rings. The van der Waals surface area contributed by atoms with Crippen LogP contribution in [-0.4, -0.2) is 15.6 Å². The van der Waals surface area contributed by atoms with Gasteiger partial charge in [-0.3, -0.25) is 4.57 Å². The van der Waals surface area contributed by atoms with Crippen molar-refractivity contribution in [3.63, 3.8) is 0 Å². The number of hydrogen-bond acceptors (Lipinski definition) is 3. The lowest BCUT2D eigenvalue weighted by molar-refractivity contribution is 0.442. The van der Waals surface area contributed by atoms with Crippen LogP contribution in [0.4, 0.5) is 0 Å².